The largest absolute Gasteiger partial charge is 0.461 e. The highest BCUT2D eigenvalue weighted by molar-refractivity contribution is 5.87. The van der Waals surface area contributed by atoms with Crippen molar-refractivity contribution < 1.29 is 29.0 Å². The minimum atomic E-state index is -1.50. The van der Waals surface area contributed by atoms with Gasteiger partial charge in [0.2, 0.25) is 5.91 Å². The number of ether oxygens (including phenoxy) is 2. The van der Waals surface area contributed by atoms with Crippen molar-refractivity contribution in [2.24, 2.45) is 5.92 Å². The predicted molar refractivity (Wildman–Crippen MR) is 130 cm³/mol. The van der Waals surface area contributed by atoms with E-state index in [-0.39, 0.29) is 12.3 Å². The van der Waals surface area contributed by atoms with Crippen LogP contribution in [-0.4, -0.2) is 74.9 Å². The number of carbonyl (C=O) groups is 3. The number of nitrogens with zero attached hydrogens (tertiary/aromatic N) is 2. The lowest BCUT2D eigenvalue weighted by atomic mass is 9.83. The summed E-state index contributed by atoms with van der Waals surface area (Å²) < 4.78 is 10.6. The van der Waals surface area contributed by atoms with Crippen LogP contribution in [0, 0.1) is 5.92 Å². The minimum Gasteiger partial charge on any atom is -0.461 e. The second-order valence-corrected chi connectivity index (χ2v) is 10.7. The van der Waals surface area contributed by atoms with Gasteiger partial charge in [0, 0.05) is 19.7 Å². The number of nitrogens with one attached hydrogen (secondary N) is 2. The third-order valence-electron chi connectivity index (χ3n) is 6.06. The number of amides is 2. The Morgan fingerprint density at radius 3 is 2.43 bits per heavy atom. The second kappa shape index (κ2) is 12.9. The van der Waals surface area contributed by atoms with Crippen LogP contribution in [0.4, 0.5) is 4.79 Å². The molecule has 1 aliphatic carbocycles. The van der Waals surface area contributed by atoms with Gasteiger partial charge in [0.25, 0.3) is 0 Å². The molecule has 0 spiro atoms. The zero-order valence-electron chi connectivity index (χ0n) is 21.9. The topological polar surface area (TPSA) is 134 Å². The Balaban J connectivity index is 2.26. The van der Waals surface area contributed by atoms with Crippen molar-refractivity contribution in [3.63, 3.8) is 0 Å². The molecule has 10 nitrogen and oxygen atoms in total. The Morgan fingerprint density at radius 2 is 1.89 bits per heavy atom. The summed E-state index contributed by atoms with van der Waals surface area (Å²) in [5.41, 5.74) is -0.160. The lowest BCUT2D eigenvalue weighted by Gasteiger charge is -2.36. The van der Waals surface area contributed by atoms with Crippen LogP contribution in [0.2, 0.25) is 0 Å². The molecule has 3 atom stereocenters. The number of aliphatic hydroxyl groups is 1. The summed E-state index contributed by atoms with van der Waals surface area (Å²) in [5.74, 6) is -0.922. The number of likely N-dealkylation sites (N-methyl/N-ethyl adjacent to an activating group) is 1. The maximum Gasteiger partial charge on any atom is 0.408 e. The minimum absolute atomic E-state index is 0.120. The van der Waals surface area contributed by atoms with Crippen molar-refractivity contribution in [1.29, 1.82) is 0 Å². The third kappa shape index (κ3) is 9.51. The van der Waals surface area contributed by atoms with E-state index in [1.54, 1.807) is 47.9 Å². The van der Waals surface area contributed by atoms with Crippen molar-refractivity contribution in [3.8, 4) is 0 Å². The summed E-state index contributed by atoms with van der Waals surface area (Å²) in [6.45, 7) is 8.63. The van der Waals surface area contributed by atoms with Gasteiger partial charge in [-0.1, -0.05) is 32.1 Å². The molecule has 1 heterocycles. The van der Waals surface area contributed by atoms with Gasteiger partial charge in [-0.2, -0.15) is 0 Å². The molecule has 1 aromatic heterocycles. The van der Waals surface area contributed by atoms with Crippen molar-refractivity contribution in [2.45, 2.75) is 109 Å². The molecular formula is C25H42N4O6. The summed E-state index contributed by atoms with van der Waals surface area (Å²) in [6, 6.07) is -1.79. The Bertz CT molecular complexity index is 814. The molecule has 0 saturated heterocycles. The van der Waals surface area contributed by atoms with Gasteiger partial charge >= 0.3 is 12.1 Å². The maximum absolute atomic E-state index is 13.7. The number of rotatable bonds is 10. The first-order valence-electron chi connectivity index (χ1n) is 12.5. The van der Waals surface area contributed by atoms with Crippen LogP contribution < -0.4 is 5.32 Å². The number of aliphatic hydroxyl groups excluding tert-OH is 1. The summed E-state index contributed by atoms with van der Waals surface area (Å²) in [6.07, 6.45) is 6.41. The van der Waals surface area contributed by atoms with Gasteiger partial charge in [-0.25, -0.2) is 14.6 Å². The molecule has 2 amide bonds. The van der Waals surface area contributed by atoms with E-state index in [0.29, 0.717) is 12.1 Å². The number of aromatic nitrogens is 2. The zero-order chi connectivity index (χ0) is 26.2. The summed E-state index contributed by atoms with van der Waals surface area (Å²) in [4.78, 5) is 47.2. The summed E-state index contributed by atoms with van der Waals surface area (Å²) in [5, 5.41) is 13.6. The van der Waals surface area contributed by atoms with Crippen molar-refractivity contribution in [2.75, 3.05) is 7.05 Å². The SMILES string of the molecule is CC(C)OC(=O)C(O)[C@H](CC1CCCCC1)N(C)C(=O)[C@H](Cc1c[nH]cn1)NC(=O)OC(C)(C)C. The highest BCUT2D eigenvalue weighted by atomic mass is 16.6. The molecule has 2 rings (SSSR count). The number of hydrogen-bond acceptors (Lipinski definition) is 7. The van der Waals surface area contributed by atoms with Crippen molar-refractivity contribution >= 4 is 18.0 Å². The number of hydrogen-bond donors (Lipinski definition) is 3. The number of alkyl carbamates (subject to hydrolysis) is 1. The molecule has 1 aliphatic rings. The smallest absolute Gasteiger partial charge is 0.408 e. The molecular weight excluding hydrogens is 452 g/mol. The maximum atomic E-state index is 13.7. The van der Waals surface area contributed by atoms with E-state index in [0.717, 1.165) is 25.7 Å². The van der Waals surface area contributed by atoms with E-state index >= 15 is 0 Å². The van der Waals surface area contributed by atoms with Crippen LogP contribution in [0.25, 0.3) is 0 Å². The summed E-state index contributed by atoms with van der Waals surface area (Å²) >= 11 is 0. The monoisotopic (exact) mass is 494 g/mol. The fourth-order valence-corrected chi connectivity index (χ4v) is 4.39. The molecule has 1 aromatic rings. The van der Waals surface area contributed by atoms with E-state index in [4.69, 9.17) is 9.47 Å². The third-order valence-corrected chi connectivity index (χ3v) is 6.06. The lowest BCUT2D eigenvalue weighted by molar-refractivity contribution is -0.163. The number of esters is 1. The number of H-pyrrole nitrogens is 1. The molecule has 1 unspecified atom stereocenters. The van der Waals surface area contributed by atoms with E-state index in [9.17, 15) is 19.5 Å². The van der Waals surface area contributed by atoms with E-state index in [1.807, 2.05) is 0 Å². The van der Waals surface area contributed by atoms with Crippen molar-refractivity contribution in [3.05, 3.63) is 18.2 Å². The summed E-state index contributed by atoms with van der Waals surface area (Å²) in [7, 11) is 1.55. The van der Waals surface area contributed by atoms with Crippen LogP contribution >= 0.6 is 0 Å². The average molecular weight is 495 g/mol. The van der Waals surface area contributed by atoms with Gasteiger partial charge < -0.3 is 29.8 Å². The molecule has 35 heavy (non-hydrogen) atoms. The van der Waals surface area contributed by atoms with Gasteiger partial charge in [-0.15, -0.1) is 0 Å². The molecule has 10 heteroatoms. The quantitative estimate of drug-likeness (QED) is 0.426. The number of carbonyl (C=O) groups excluding carboxylic acids is 3. The highest BCUT2D eigenvalue weighted by Crippen LogP contribution is 2.30. The lowest BCUT2D eigenvalue weighted by Crippen LogP contribution is -2.56. The zero-order valence-corrected chi connectivity index (χ0v) is 21.9. The predicted octanol–water partition coefficient (Wildman–Crippen LogP) is 2.96. The van der Waals surface area contributed by atoms with Gasteiger partial charge in [0.1, 0.15) is 11.6 Å². The molecule has 0 bridgehead atoms. The van der Waals surface area contributed by atoms with E-state index in [2.05, 4.69) is 15.3 Å². The normalized spacial score (nSPS) is 17.4. The second-order valence-electron chi connectivity index (χ2n) is 10.7. The number of aromatic amines is 1. The van der Waals surface area contributed by atoms with Crippen LogP contribution in [0.15, 0.2) is 12.5 Å². The van der Waals surface area contributed by atoms with Crippen LogP contribution in [0.5, 0.6) is 0 Å². The number of imidazole rings is 1. The van der Waals surface area contributed by atoms with E-state index < -0.39 is 47.9 Å². The van der Waals surface area contributed by atoms with Gasteiger partial charge in [0.05, 0.1) is 24.2 Å². The van der Waals surface area contributed by atoms with Crippen LogP contribution in [0.3, 0.4) is 0 Å². The van der Waals surface area contributed by atoms with Crippen LogP contribution in [0.1, 0.15) is 78.8 Å². The van der Waals surface area contributed by atoms with Gasteiger partial charge in [0.15, 0.2) is 6.10 Å². The van der Waals surface area contributed by atoms with E-state index in [1.165, 1.54) is 17.6 Å². The highest BCUT2D eigenvalue weighted by Gasteiger charge is 2.38. The molecule has 1 saturated carbocycles. The Labute approximate surface area is 208 Å². The standard InChI is InChI=1S/C25H42N4O6/c1-16(2)34-23(32)21(30)20(12-17-10-8-7-9-11-17)29(6)22(31)19(13-18-14-26-15-27-18)28-24(33)35-25(3,4)5/h14-17,19-21,30H,7-13H2,1-6H3,(H,26,27)(H,28,33)/t19-,20-,21?/m0/s1. The Hall–Kier alpha value is -2.62. The Morgan fingerprint density at radius 1 is 1.23 bits per heavy atom. The first-order chi connectivity index (χ1) is 16.4. The Kier molecular flexibility index (Phi) is 10.5. The average Bonchev–Trinajstić information content (AvgIpc) is 3.27. The first-order valence-corrected chi connectivity index (χ1v) is 12.5. The molecule has 0 aromatic carbocycles. The first kappa shape index (κ1) is 28.6. The molecule has 0 aliphatic heterocycles. The van der Waals surface area contributed by atoms with Crippen LogP contribution in [-0.2, 0) is 25.5 Å². The molecule has 198 valence electrons. The van der Waals surface area contributed by atoms with Gasteiger partial charge in [-0.05, 0) is 47.0 Å². The molecule has 1 fully saturated rings. The van der Waals surface area contributed by atoms with Gasteiger partial charge in [-0.3, -0.25) is 4.79 Å². The molecule has 3 N–H and O–H groups in total. The fourth-order valence-electron chi connectivity index (χ4n) is 4.39. The molecule has 0 radical (unpaired) electrons. The fraction of sp³-hybridized carbons (Fsp3) is 0.760. The van der Waals surface area contributed by atoms with Crippen molar-refractivity contribution in [1.82, 2.24) is 20.2 Å².